The summed E-state index contributed by atoms with van der Waals surface area (Å²) in [6.45, 7) is 0. The van der Waals surface area contributed by atoms with Gasteiger partial charge in [-0.1, -0.05) is 72.8 Å². The van der Waals surface area contributed by atoms with Gasteiger partial charge in [0.2, 0.25) is 0 Å². The smallest absolute Gasteiger partial charge is 0.118 e. The Labute approximate surface area is 227 Å². The van der Waals surface area contributed by atoms with Gasteiger partial charge in [0.1, 0.15) is 23.6 Å². The van der Waals surface area contributed by atoms with E-state index in [9.17, 15) is 0 Å². The van der Waals surface area contributed by atoms with Crippen LogP contribution < -0.4 is 25.5 Å². The molecule has 2 atom stereocenters. The van der Waals surface area contributed by atoms with E-state index in [0.717, 1.165) is 67.0 Å². The number of methoxy groups -OCH3 is 2. The predicted octanol–water partition coefficient (Wildman–Crippen LogP) is 6.83. The van der Waals surface area contributed by atoms with E-state index in [0.29, 0.717) is 0 Å². The van der Waals surface area contributed by atoms with Gasteiger partial charge in [-0.15, -0.1) is 0 Å². The highest BCUT2D eigenvalue weighted by Crippen LogP contribution is 2.46. The van der Waals surface area contributed by atoms with Crippen molar-refractivity contribution in [2.24, 2.45) is 9.98 Å². The van der Waals surface area contributed by atoms with Crippen molar-refractivity contribution in [2.75, 3.05) is 19.5 Å². The first-order valence-electron chi connectivity index (χ1n) is 13.1. The quantitative estimate of drug-likeness (QED) is 0.289. The maximum Gasteiger partial charge on any atom is 0.118 e. The van der Waals surface area contributed by atoms with E-state index in [1.807, 2.05) is 24.3 Å². The molecule has 0 saturated carbocycles. The van der Waals surface area contributed by atoms with Crippen LogP contribution in [0.4, 0.5) is 11.4 Å². The maximum absolute atomic E-state index is 5.52. The van der Waals surface area contributed by atoms with Crippen LogP contribution in [0.15, 0.2) is 119 Å². The fourth-order valence-electron chi connectivity index (χ4n) is 5.63. The second-order valence-corrected chi connectivity index (χ2v) is 9.76. The molecule has 0 fully saturated rings. The number of fused-ring (bicyclic) bond motifs is 6. The zero-order valence-electron chi connectivity index (χ0n) is 21.8. The van der Waals surface area contributed by atoms with Gasteiger partial charge in [0.15, 0.2) is 0 Å². The third-order valence-corrected chi connectivity index (χ3v) is 7.62. The summed E-state index contributed by atoms with van der Waals surface area (Å²) in [4.78, 5) is 11.0. The monoisotopic (exact) mass is 509 g/mol. The molecule has 0 aliphatic carbocycles. The molecule has 0 bridgehead atoms. The Morgan fingerprint density at radius 1 is 0.513 bits per heavy atom. The molecule has 0 spiro atoms. The average Bonchev–Trinajstić information content (AvgIpc) is 3.14. The van der Waals surface area contributed by atoms with Crippen molar-refractivity contribution < 1.29 is 9.47 Å². The van der Waals surface area contributed by atoms with Crippen molar-refractivity contribution in [3.05, 3.63) is 131 Å². The summed E-state index contributed by atoms with van der Waals surface area (Å²) in [6.07, 6.45) is 0. The molecule has 0 saturated heterocycles. The minimum atomic E-state index is -0.159. The molecule has 39 heavy (non-hydrogen) atoms. The molecule has 5 nitrogen and oxygen atoms in total. The number of hydrogen-bond donors (Lipinski definition) is 1. The van der Waals surface area contributed by atoms with Gasteiger partial charge in [0.05, 0.1) is 24.9 Å². The van der Waals surface area contributed by atoms with Crippen LogP contribution in [0.2, 0.25) is 0 Å². The Bertz CT molecular complexity index is 1680. The molecule has 2 aliphatic heterocycles. The van der Waals surface area contributed by atoms with E-state index in [1.54, 1.807) is 14.2 Å². The zero-order chi connectivity index (χ0) is 26.3. The molecule has 2 aliphatic rings. The van der Waals surface area contributed by atoms with Gasteiger partial charge < -0.3 is 14.8 Å². The molecule has 2 heterocycles. The van der Waals surface area contributed by atoms with E-state index in [4.69, 9.17) is 19.5 Å². The van der Waals surface area contributed by atoms with Gasteiger partial charge in [-0.3, -0.25) is 9.98 Å². The number of benzene rings is 5. The lowest BCUT2D eigenvalue weighted by molar-refractivity contribution is 0.414. The predicted molar refractivity (Wildman–Crippen MR) is 154 cm³/mol. The minimum absolute atomic E-state index is 0.159. The lowest BCUT2D eigenvalue weighted by atomic mass is 9.91. The van der Waals surface area contributed by atoms with Gasteiger partial charge in [-0.05, 0) is 47.5 Å². The molecule has 0 aromatic heterocycles. The number of anilines is 2. The summed E-state index contributed by atoms with van der Waals surface area (Å²) < 4.78 is 10.8. The Morgan fingerprint density at radius 2 is 0.923 bits per heavy atom. The summed E-state index contributed by atoms with van der Waals surface area (Å²) in [5.74, 6) is 1.65. The molecule has 190 valence electrons. The van der Waals surface area contributed by atoms with E-state index in [1.165, 1.54) is 0 Å². The van der Waals surface area contributed by atoms with Gasteiger partial charge in [-0.2, -0.15) is 0 Å². The van der Waals surface area contributed by atoms with Crippen molar-refractivity contribution >= 4 is 11.4 Å². The molecule has 5 aromatic carbocycles. The van der Waals surface area contributed by atoms with Crippen LogP contribution in [0, 0.1) is 0 Å². The summed E-state index contributed by atoms with van der Waals surface area (Å²) in [6, 6.07) is 37.2. The molecule has 5 aromatic rings. The van der Waals surface area contributed by atoms with Gasteiger partial charge in [0, 0.05) is 33.6 Å². The van der Waals surface area contributed by atoms with Crippen LogP contribution in [-0.2, 0) is 0 Å². The summed E-state index contributed by atoms with van der Waals surface area (Å²) in [5.41, 5.74) is 8.67. The van der Waals surface area contributed by atoms with Crippen LogP contribution in [0.5, 0.6) is 11.5 Å². The molecule has 7 rings (SSSR count). The van der Waals surface area contributed by atoms with Crippen LogP contribution in [0.1, 0.15) is 23.2 Å². The number of ether oxygens (including phenoxy) is 2. The number of nitrogens with zero attached hydrogens (tertiary/aromatic N) is 2. The number of hydrogen-bond acceptors (Lipinski definition) is 5. The Balaban J connectivity index is 1.53. The van der Waals surface area contributed by atoms with E-state index >= 15 is 0 Å². The summed E-state index contributed by atoms with van der Waals surface area (Å²) in [5, 5.41) is 5.47. The van der Waals surface area contributed by atoms with Crippen molar-refractivity contribution in [3.8, 4) is 33.8 Å². The zero-order valence-corrected chi connectivity index (χ0v) is 21.8. The summed E-state index contributed by atoms with van der Waals surface area (Å²) in [7, 11) is 3.37. The molecule has 0 radical (unpaired) electrons. The second-order valence-electron chi connectivity index (χ2n) is 9.76. The van der Waals surface area contributed by atoms with Crippen LogP contribution >= 0.6 is 0 Å². The van der Waals surface area contributed by atoms with Crippen molar-refractivity contribution in [3.63, 3.8) is 0 Å². The minimum Gasteiger partial charge on any atom is -0.497 e. The van der Waals surface area contributed by atoms with Crippen LogP contribution in [0.25, 0.3) is 22.3 Å². The topological polar surface area (TPSA) is 55.2 Å². The van der Waals surface area contributed by atoms with Crippen molar-refractivity contribution in [1.82, 2.24) is 0 Å². The summed E-state index contributed by atoms with van der Waals surface area (Å²) >= 11 is 0. The van der Waals surface area contributed by atoms with Crippen molar-refractivity contribution in [1.29, 1.82) is 0 Å². The first-order chi connectivity index (χ1) is 19.2. The molecule has 1 N–H and O–H groups in total. The fourth-order valence-corrected chi connectivity index (χ4v) is 5.63. The van der Waals surface area contributed by atoms with E-state index in [-0.39, 0.29) is 12.1 Å². The van der Waals surface area contributed by atoms with Gasteiger partial charge in [-0.25, -0.2) is 0 Å². The molecular weight excluding hydrogens is 482 g/mol. The largest absolute Gasteiger partial charge is 0.497 e. The highest BCUT2D eigenvalue weighted by Gasteiger charge is 2.33. The molecular formula is C34H27N3O2. The Kier molecular flexibility index (Phi) is 5.63. The SMILES string of the molecule is COc1ccc(-c2ccc(-c3ccc(OC)cc3)c3c2=NC2c4ccccc4Nc4ccccc4C2N=3)cc1. The standard InChI is InChI=1S/C34H27N3O2/c1-38-23-15-11-21(12-16-23)25-19-20-26(22-13-17-24(39-2)18-14-22)32-31(25)36-33-27-7-3-5-9-29(27)35-30-10-6-4-8-28(30)34(33)37-32/h3-20,33-35H,1-2H3. The third kappa shape index (κ3) is 3.94. The number of nitrogens with one attached hydrogen (secondary N) is 1. The average molecular weight is 510 g/mol. The second kappa shape index (κ2) is 9.44. The maximum atomic E-state index is 5.52. The lowest BCUT2D eigenvalue weighted by Crippen LogP contribution is -2.35. The first kappa shape index (κ1) is 23.2. The molecule has 5 heteroatoms. The number of para-hydroxylation sites is 2. The van der Waals surface area contributed by atoms with E-state index in [2.05, 4.69) is 90.2 Å². The Morgan fingerprint density at radius 3 is 1.33 bits per heavy atom. The Hall–Kier alpha value is -4.90. The molecule has 2 unspecified atom stereocenters. The number of rotatable bonds is 4. The normalized spacial score (nSPS) is 16.6. The highest BCUT2D eigenvalue weighted by molar-refractivity contribution is 5.73. The van der Waals surface area contributed by atoms with E-state index < -0.39 is 0 Å². The first-order valence-corrected chi connectivity index (χ1v) is 13.1. The van der Waals surface area contributed by atoms with Crippen LogP contribution in [0.3, 0.4) is 0 Å². The lowest BCUT2D eigenvalue weighted by Gasteiger charge is -2.25. The van der Waals surface area contributed by atoms with Crippen LogP contribution in [-0.4, -0.2) is 14.2 Å². The van der Waals surface area contributed by atoms with Crippen molar-refractivity contribution in [2.45, 2.75) is 12.1 Å². The van der Waals surface area contributed by atoms with Gasteiger partial charge >= 0.3 is 0 Å². The van der Waals surface area contributed by atoms with Gasteiger partial charge in [0.25, 0.3) is 0 Å². The fraction of sp³-hybridized carbons (Fsp3) is 0.118. The highest BCUT2D eigenvalue weighted by atomic mass is 16.5. The third-order valence-electron chi connectivity index (χ3n) is 7.62. The molecule has 0 amide bonds.